The zero-order chi connectivity index (χ0) is 18.6. The highest BCUT2D eigenvalue weighted by Crippen LogP contribution is 2.35. The van der Waals surface area contributed by atoms with Gasteiger partial charge in [-0.3, -0.25) is 0 Å². The minimum atomic E-state index is -0.579. The lowest BCUT2D eigenvalue weighted by Crippen LogP contribution is -2.50. The Labute approximate surface area is 156 Å². The number of ether oxygens (including phenoxy) is 2. The summed E-state index contributed by atoms with van der Waals surface area (Å²) in [4.78, 5) is 4.68. The van der Waals surface area contributed by atoms with Crippen LogP contribution in [0.3, 0.4) is 0 Å². The molecular weight excluding hydrogens is 330 g/mol. The molecule has 3 rings (SSSR count). The predicted molar refractivity (Wildman–Crippen MR) is 103 cm³/mol. The van der Waals surface area contributed by atoms with Crippen LogP contribution in [0.2, 0.25) is 0 Å². The van der Waals surface area contributed by atoms with Gasteiger partial charge in [0.1, 0.15) is 17.6 Å². The number of aliphatic hydroxyl groups is 1. The van der Waals surface area contributed by atoms with E-state index in [1.807, 2.05) is 13.8 Å². The summed E-state index contributed by atoms with van der Waals surface area (Å²) in [5.41, 5.74) is 1.63. The van der Waals surface area contributed by atoms with Crippen LogP contribution in [0, 0.1) is 0 Å². The van der Waals surface area contributed by atoms with E-state index in [0.29, 0.717) is 25.7 Å². The number of hydrogen-bond acceptors (Lipinski definition) is 4. The molecule has 3 N–H and O–H groups in total. The quantitative estimate of drug-likeness (QED) is 0.514. The second-order valence-corrected chi connectivity index (χ2v) is 7.26. The van der Waals surface area contributed by atoms with E-state index in [4.69, 9.17) is 9.47 Å². The van der Waals surface area contributed by atoms with Crippen molar-refractivity contribution in [1.82, 2.24) is 10.6 Å². The Morgan fingerprint density at radius 3 is 2.81 bits per heavy atom. The molecule has 144 valence electrons. The molecule has 1 aromatic rings. The monoisotopic (exact) mass is 361 g/mol. The van der Waals surface area contributed by atoms with Crippen LogP contribution >= 0.6 is 0 Å². The molecular formula is C20H31N3O3. The smallest absolute Gasteiger partial charge is 0.191 e. The number of benzene rings is 1. The van der Waals surface area contributed by atoms with Crippen molar-refractivity contribution in [2.75, 3.05) is 19.7 Å². The Bertz CT molecular complexity index is 656. The van der Waals surface area contributed by atoms with Gasteiger partial charge >= 0.3 is 0 Å². The molecule has 2 aliphatic rings. The molecule has 1 fully saturated rings. The number of aliphatic imine (C=N–C) groups is 1. The molecule has 0 radical (unpaired) electrons. The van der Waals surface area contributed by atoms with E-state index in [1.165, 1.54) is 5.56 Å². The number of guanidine groups is 1. The first-order valence-electron chi connectivity index (χ1n) is 9.73. The first-order chi connectivity index (χ1) is 12.5. The van der Waals surface area contributed by atoms with Crippen LogP contribution in [0.15, 0.2) is 17.1 Å². The van der Waals surface area contributed by atoms with Crippen LogP contribution in [0.5, 0.6) is 11.5 Å². The molecule has 6 heteroatoms. The van der Waals surface area contributed by atoms with Crippen molar-refractivity contribution in [3.05, 3.63) is 23.3 Å². The molecule has 0 aromatic heterocycles. The highest BCUT2D eigenvalue weighted by Gasteiger charge is 2.34. The highest BCUT2D eigenvalue weighted by molar-refractivity contribution is 5.79. The zero-order valence-corrected chi connectivity index (χ0v) is 16.1. The van der Waals surface area contributed by atoms with Gasteiger partial charge in [0.05, 0.1) is 18.8 Å². The minimum absolute atomic E-state index is 0.209. The first-order valence-corrected chi connectivity index (χ1v) is 9.73. The van der Waals surface area contributed by atoms with Gasteiger partial charge in [0.25, 0.3) is 0 Å². The molecule has 0 saturated heterocycles. The average Bonchev–Trinajstić information content (AvgIpc) is 2.94. The predicted octanol–water partition coefficient (Wildman–Crippen LogP) is 2.38. The van der Waals surface area contributed by atoms with E-state index < -0.39 is 5.60 Å². The summed E-state index contributed by atoms with van der Waals surface area (Å²) in [6.07, 6.45) is 3.93. The summed E-state index contributed by atoms with van der Waals surface area (Å²) in [6, 6.07) is 4.14. The second kappa shape index (κ2) is 8.16. The fraction of sp³-hybridized carbons (Fsp3) is 0.650. The fourth-order valence-corrected chi connectivity index (χ4v) is 3.41. The van der Waals surface area contributed by atoms with Crippen molar-refractivity contribution in [2.24, 2.45) is 4.99 Å². The Morgan fingerprint density at radius 2 is 2.15 bits per heavy atom. The van der Waals surface area contributed by atoms with Crippen LogP contribution in [0.4, 0.5) is 0 Å². The van der Waals surface area contributed by atoms with E-state index in [2.05, 4.69) is 34.7 Å². The second-order valence-electron chi connectivity index (χ2n) is 7.26. The van der Waals surface area contributed by atoms with Gasteiger partial charge in [0, 0.05) is 30.6 Å². The van der Waals surface area contributed by atoms with Crippen LogP contribution in [0.25, 0.3) is 0 Å². The van der Waals surface area contributed by atoms with Crippen molar-refractivity contribution >= 4 is 5.96 Å². The van der Waals surface area contributed by atoms with Crippen LogP contribution in [-0.2, 0) is 13.0 Å². The third-order valence-corrected chi connectivity index (χ3v) is 5.00. The topological polar surface area (TPSA) is 75.1 Å². The number of hydrogen-bond donors (Lipinski definition) is 3. The van der Waals surface area contributed by atoms with E-state index >= 15 is 0 Å². The van der Waals surface area contributed by atoms with Gasteiger partial charge in [-0.25, -0.2) is 4.99 Å². The maximum atomic E-state index is 10.3. The van der Waals surface area contributed by atoms with Gasteiger partial charge in [-0.05, 0) is 52.2 Å². The summed E-state index contributed by atoms with van der Waals surface area (Å²) in [6.45, 7) is 8.52. The lowest BCUT2D eigenvalue weighted by Gasteiger charge is -2.37. The average molecular weight is 361 g/mol. The summed E-state index contributed by atoms with van der Waals surface area (Å²) in [5.74, 6) is 2.53. The largest absolute Gasteiger partial charge is 0.494 e. The summed E-state index contributed by atoms with van der Waals surface area (Å²) >= 11 is 0. The molecule has 0 bridgehead atoms. The van der Waals surface area contributed by atoms with Gasteiger partial charge in [-0.1, -0.05) is 0 Å². The number of rotatable bonds is 7. The molecule has 1 heterocycles. The fourth-order valence-electron chi connectivity index (χ4n) is 3.41. The van der Waals surface area contributed by atoms with Crippen molar-refractivity contribution in [2.45, 2.75) is 64.7 Å². The normalized spacial score (nSPS) is 20.8. The molecule has 1 aromatic carbocycles. The van der Waals surface area contributed by atoms with Crippen LogP contribution in [-0.4, -0.2) is 42.5 Å². The summed E-state index contributed by atoms with van der Waals surface area (Å²) in [7, 11) is 0. The lowest BCUT2D eigenvalue weighted by atomic mass is 9.80. The van der Waals surface area contributed by atoms with E-state index in [1.54, 1.807) is 0 Å². The Morgan fingerprint density at radius 1 is 1.35 bits per heavy atom. The Balaban J connectivity index is 1.72. The third kappa shape index (κ3) is 4.41. The maximum Gasteiger partial charge on any atom is 0.191 e. The van der Waals surface area contributed by atoms with Crippen molar-refractivity contribution in [3.8, 4) is 11.5 Å². The first kappa shape index (κ1) is 18.8. The Kier molecular flexibility index (Phi) is 5.91. The van der Waals surface area contributed by atoms with Crippen molar-refractivity contribution in [3.63, 3.8) is 0 Å². The number of fused-ring (bicyclic) bond motifs is 1. The van der Waals surface area contributed by atoms with Gasteiger partial charge in [-0.15, -0.1) is 0 Å². The number of nitrogens with zero attached hydrogens (tertiary/aromatic N) is 1. The summed E-state index contributed by atoms with van der Waals surface area (Å²) < 4.78 is 11.7. The molecule has 1 atom stereocenters. The van der Waals surface area contributed by atoms with Crippen LogP contribution in [0.1, 0.15) is 51.2 Å². The molecule has 1 unspecified atom stereocenters. The highest BCUT2D eigenvalue weighted by atomic mass is 16.5. The molecule has 1 aliphatic carbocycles. The molecule has 1 aliphatic heterocycles. The molecule has 6 nitrogen and oxygen atoms in total. The van der Waals surface area contributed by atoms with Gasteiger partial charge in [-0.2, -0.15) is 0 Å². The number of nitrogens with one attached hydrogen (secondary N) is 2. The molecule has 0 spiro atoms. The van der Waals surface area contributed by atoms with Crippen molar-refractivity contribution < 1.29 is 14.6 Å². The zero-order valence-electron chi connectivity index (χ0n) is 16.1. The third-order valence-electron chi connectivity index (χ3n) is 5.00. The molecule has 0 amide bonds. The standard InChI is InChI=1S/C20H31N3O3/c1-4-21-19(23-13-20(24)7-6-8-20)22-12-16-11-18-15(9-14(3)26-18)10-17(16)25-5-2/h10-11,14,24H,4-9,12-13H2,1-3H3,(H2,21,22,23). The van der Waals surface area contributed by atoms with Crippen molar-refractivity contribution in [1.29, 1.82) is 0 Å². The van der Waals surface area contributed by atoms with Crippen LogP contribution < -0.4 is 20.1 Å². The minimum Gasteiger partial charge on any atom is -0.494 e. The SMILES string of the molecule is CCNC(=NCc1cc2c(cc1OCC)CC(C)O2)NCC1(O)CCC1. The maximum absolute atomic E-state index is 10.3. The van der Waals surface area contributed by atoms with Gasteiger partial charge in [0.15, 0.2) is 5.96 Å². The Hall–Kier alpha value is -1.95. The van der Waals surface area contributed by atoms with E-state index in [-0.39, 0.29) is 6.10 Å². The van der Waals surface area contributed by atoms with E-state index in [0.717, 1.165) is 49.3 Å². The molecule has 26 heavy (non-hydrogen) atoms. The molecule has 1 saturated carbocycles. The van der Waals surface area contributed by atoms with Gasteiger partial charge in [0.2, 0.25) is 0 Å². The van der Waals surface area contributed by atoms with Gasteiger partial charge < -0.3 is 25.2 Å². The summed E-state index contributed by atoms with van der Waals surface area (Å²) in [5, 5.41) is 16.8. The van der Waals surface area contributed by atoms with E-state index in [9.17, 15) is 5.11 Å². The lowest BCUT2D eigenvalue weighted by molar-refractivity contribution is -0.0279.